The van der Waals surface area contributed by atoms with Crippen LogP contribution in [0.15, 0.2) is 52.2 Å². The first-order valence-electron chi connectivity index (χ1n) is 8.25. The van der Waals surface area contributed by atoms with Crippen LogP contribution in [0.3, 0.4) is 0 Å². The van der Waals surface area contributed by atoms with Crippen molar-refractivity contribution in [3.63, 3.8) is 0 Å². The lowest BCUT2D eigenvalue weighted by atomic mass is 9.99. The monoisotopic (exact) mass is 310 g/mol. The Kier molecular flexibility index (Phi) is 4.60. The average molecular weight is 310 g/mol. The van der Waals surface area contributed by atoms with Gasteiger partial charge in [-0.05, 0) is 36.1 Å². The molecule has 1 unspecified atom stereocenters. The maximum Gasteiger partial charge on any atom is 0.243 e. The van der Waals surface area contributed by atoms with Crippen LogP contribution in [0, 0.1) is 0 Å². The first-order valence-corrected chi connectivity index (χ1v) is 8.25. The molecule has 2 aromatic rings. The molecule has 1 aliphatic rings. The Bertz CT molecular complexity index is 687. The second-order valence-electron chi connectivity index (χ2n) is 5.83. The lowest BCUT2D eigenvalue weighted by Gasteiger charge is -2.22. The van der Waals surface area contributed by atoms with Gasteiger partial charge < -0.3 is 4.42 Å². The number of carbonyl (C=O) groups is 1. The zero-order valence-electron chi connectivity index (χ0n) is 13.7. The highest BCUT2D eigenvalue weighted by atomic mass is 16.3. The van der Waals surface area contributed by atoms with Crippen LogP contribution in [0.25, 0.3) is 0 Å². The molecule has 4 heteroatoms. The van der Waals surface area contributed by atoms with Gasteiger partial charge in [-0.1, -0.05) is 38.1 Å². The van der Waals surface area contributed by atoms with E-state index in [2.05, 4.69) is 36.3 Å². The van der Waals surface area contributed by atoms with Crippen LogP contribution < -0.4 is 0 Å². The summed E-state index contributed by atoms with van der Waals surface area (Å²) in [7, 11) is 0. The van der Waals surface area contributed by atoms with E-state index in [1.807, 2.05) is 19.1 Å². The van der Waals surface area contributed by atoms with Gasteiger partial charge >= 0.3 is 0 Å². The molecule has 0 saturated carbocycles. The van der Waals surface area contributed by atoms with Gasteiger partial charge in [-0.2, -0.15) is 5.10 Å². The normalized spacial score (nSPS) is 17.4. The first-order chi connectivity index (χ1) is 11.2. The van der Waals surface area contributed by atoms with E-state index in [9.17, 15) is 4.79 Å². The number of aryl methyl sites for hydroxylation is 1. The zero-order chi connectivity index (χ0) is 16.2. The number of hydrazone groups is 1. The van der Waals surface area contributed by atoms with E-state index in [4.69, 9.17) is 4.42 Å². The molecule has 1 aliphatic heterocycles. The van der Waals surface area contributed by atoms with Gasteiger partial charge in [-0.25, -0.2) is 5.01 Å². The number of hydrogen-bond acceptors (Lipinski definition) is 3. The van der Waals surface area contributed by atoms with E-state index in [1.165, 1.54) is 5.56 Å². The van der Waals surface area contributed by atoms with Crippen LogP contribution in [0.4, 0.5) is 0 Å². The minimum absolute atomic E-state index is 0.0416. The van der Waals surface area contributed by atoms with Gasteiger partial charge in [0.25, 0.3) is 0 Å². The third kappa shape index (κ3) is 3.21. The van der Waals surface area contributed by atoms with E-state index in [1.54, 1.807) is 11.3 Å². The average Bonchev–Trinajstić information content (AvgIpc) is 3.24. The number of nitrogens with zero attached hydrogens (tertiary/aromatic N) is 2. The fourth-order valence-corrected chi connectivity index (χ4v) is 2.90. The van der Waals surface area contributed by atoms with E-state index >= 15 is 0 Å². The van der Waals surface area contributed by atoms with Gasteiger partial charge in [-0.3, -0.25) is 4.79 Å². The van der Waals surface area contributed by atoms with Crippen LogP contribution >= 0.6 is 0 Å². The molecule has 0 radical (unpaired) electrons. The smallest absolute Gasteiger partial charge is 0.243 e. The van der Waals surface area contributed by atoms with Crippen LogP contribution in [-0.4, -0.2) is 16.6 Å². The van der Waals surface area contributed by atoms with Crippen LogP contribution in [0.2, 0.25) is 0 Å². The third-order valence-corrected chi connectivity index (χ3v) is 4.21. The van der Waals surface area contributed by atoms with Gasteiger partial charge in [0.2, 0.25) is 5.91 Å². The highest BCUT2D eigenvalue weighted by Gasteiger charge is 2.33. The standard InChI is InChI=1S/C19H22N2O2/c1-3-6-19(22)21-17(15-10-8-14(4-2)9-11-15)13-16(20-21)18-7-5-12-23-18/h5,7-12,17H,3-4,6,13H2,1-2H3. The predicted molar refractivity (Wildman–Crippen MR) is 90.2 cm³/mol. The van der Waals surface area contributed by atoms with Crippen LogP contribution in [0.5, 0.6) is 0 Å². The topological polar surface area (TPSA) is 45.8 Å². The van der Waals surface area contributed by atoms with Gasteiger partial charge in [0.15, 0.2) is 0 Å². The molecule has 3 rings (SSSR count). The minimum Gasteiger partial charge on any atom is -0.463 e. The number of carbonyl (C=O) groups excluding carboxylic acids is 1. The second-order valence-corrected chi connectivity index (χ2v) is 5.83. The van der Waals surface area contributed by atoms with Crippen LogP contribution in [0.1, 0.15) is 56.0 Å². The van der Waals surface area contributed by atoms with Crippen LogP contribution in [-0.2, 0) is 11.2 Å². The highest BCUT2D eigenvalue weighted by Crippen LogP contribution is 2.33. The van der Waals surface area contributed by atoms with Gasteiger partial charge in [0.05, 0.1) is 12.3 Å². The summed E-state index contributed by atoms with van der Waals surface area (Å²) in [6.45, 7) is 4.15. The fraction of sp³-hybridized carbons (Fsp3) is 0.368. The lowest BCUT2D eigenvalue weighted by Crippen LogP contribution is -2.26. The van der Waals surface area contributed by atoms with Gasteiger partial charge in [0, 0.05) is 12.8 Å². The molecule has 1 atom stereocenters. The summed E-state index contributed by atoms with van der Waals surface area (Å²) in [5.74, 6) is 0.811. The van der Waals surface area contributed by atoms with Crippen molar-refractivity contribution in [3.8, 4) is 0 Å². The van der Waals surface area contributed by atoms with Crippen molar-refractivity contribution in [2.45, 2.75) is 45.6 Å². The van der Waals surface area contributed by atoms with E-state index < -0.39 is 0 Å². The largest absolute Gasteiger partial charge is 0.463 e. The zero-order valence-corrected chi connectivity index (χ0v) is 13.7. The van der Waals surface area contributed by atoms with Crippen molar-refractivity contribution in [2.75, 3.05) is 0 Å². The number of amides is 1. The second kappa shape index (κ2) is 6.82. The molecule has 0 spiro atoms. The molecule has 0 aliphatic carbocycles. The van der Waals surface area contributed by atoms with Crippen molar-refractivity contribution in [2.24, 2.45) is 5.10 Å². The number of furan rings is 1. The molecule has 23 heavy (non-hydrogen) atoms. The molecule has 0 N–H and O–H groups in total. The van der Waals surface area contributed by atoms with Crippen molar-refractivity contribution in [1.82, 2.24) is 5.01 Å². The molecule has 2 heterocycles. The summed E-state index contributed by atoms with van der Waals surface area (Å²) >= 11 is 0. The Hall–Kier alpha value is -2.36. The quantitative estimate of drug-likeness (QED) is 0.825. The maximum atomic E-state index is 12.5. The predicted octanol–water partition coefficient (Wildman–Crippen LogP) is 4.32. The highest BCUT2D eigenvalue weighted by molar-refractivity contribution is 6.01. The summed E-state index contributed by atoms with van der Waals surface area (Å²) in [6.07, 6.45) is 4.67. The van der Waals surface area contributed by atoms with Crippen molar-refractivity contribution in [3.05, 3.63) is 59.5 Å². The Morgan fingerprint density at radius 3 is 2.65 bits per heavy atom. The number of rotatable bonds is 5. The molecule has 1 amide bonds. The molecule has 1 aromatic carbocycles. The number of hydrogen-bond donors (Lipinski definition) is 0. The first kappa shape index (κ1) is 15.5. The molecular formula is C19H22N2O2. The Morgan fingerprint density at radius 1 is 1.26 bits per heavy atom. The van der Waals surface area contributed by atoms with E-state index in [0.717, 1.165) is 29.9 Å². The Labute approximate surface area is 136 Å². The van der Waals surface area contributed by atoms with Gasteiger partial charge in [-0.15, -0.1) is 0 Å². The lowest BCUT2D eigenvalue weighted by molar-refractivity contribution is -0.133. The fourth-order valence-electron chi connectivity index (χ4n) is 2.90. The van der Waals surface area contributed by atoms with Crippen molar-refractivity contribution in [1.29, 1.82) is 0 Å². The summed E-state index contributed by atoms with van der Waals surface area (Å²) < 4.78 is 5.46. The molecule has 4 nitrogen and oxygen atoms in total. The van der Waals surface area contributed by atoms with E-state index in [-0.39, 0.29) is 11.9 Å². The summed E-state index contributed by atoms with van der Waals surface area (Å²) in [5, 5.41) is 6.20. The molecule has 0 bridgehead atoms. The van der Waals surface area contributed by atoms with Gasteiger partial charge in [0.1, 0.15) is 11.5 Å². The molecule has 0 fully saturated rings. The maximum absolute atomic E-state index is 12.5. The molecule has 1 aromatic heterocycles. The van der Waals surface area contributed by atoms with Crippen molar-refractivity contribution < 1.29 is 9.21 Å². The summed E-state index contributed by atoms with van der Waals surface area (Å²) in [4.78, 5) is 12.5. The van der Waals surface area contributed by atoms with E-state index in [0.29, 0.717) is 12.8 Å². The minimum atomic E-state index is -0.0416. The molecular weight excluding hydrogens is 288 g/mol. The third-order valence-electron chi connectivity index (χ3n) is 4.21. The Balaban J connectivity index is 1.89. The SMILES string of the molecule is CCCC(=O)N1N=C(c2ccco2)CC1c1ccc(CC)cc1. The Morgan fingerprint density at radius 2 is 2.04 bits per heavy atom. The summed E-state index contributed by atoms with van der Waals surface area (Å²) in [6, 6.07) is 12.2. The molecule has 120 valence electrons. The molecule has 0 saturated heterocycles. The van der Waals surface area contributed by atoms with Crippen molar-refractivity contribution >= 4 is 11.6 Å². The number of benzene rings is 1. The summed E-state index contributed by atoms with van der Waals surface area (Å²) in [5.41, 5.74) is 3.26.